The Kier molecular flexibility index (Phi) is 2.97. The van der Waals surface area contributed by atoms with Crippen molar-refractivity contribution in [2.24, 2.45) is 17.3 Å². The van der Waals surface area contributed by atoms with Gasteiger partial charge in [-0.05, 0) is 55.9 Å². The molecule has 4 atom stereocenters. The van der Waals surface area contributed by atoms with Crippen LogP contribution < -0.4 is 10.6 Å². The minimum atomic E-state index is 0.514. The van der Waals surface area contributed by atoms with Crippen LogP contribution in [0.3, 0.4) is 0 Å². The second-order valence-corrected chi connectivity index (χ2v) is 6.75. The monoisotopic (exact) mass is 222 g/mol. The lowest BCUT2D eigenvalue weighted by Gasteiger charge is -2.36. The van der Waals surface area contributed by atoms with Crippen molar-refractivity contribution < 1.29 is 0 Å². The van der Waals surface area contributed by atoms with E-state index >= 15 is 0 Å². The average Bonchev–Trinajstić information content (AvgIpc) is 2.89. The van der Waals surface area contributed by atoms with Gasteiger partial charge in [-0.1, -0.05) is 13.3 Å². The fourth-order valence-electron chi connectivity index (χ4n) is 4.14. The van der Waals surface area contributed by atoms with Gasteiger partial charge < -0.3 is 10.6 Å². The Morgan fingerprint density at radius 1 is 1.31 bits per heavy atom. The molecule has 2 nitrogen and oxygen atoms in total. The van der Waals surface area contributed by atoms with E-state index in [1.165, 1.54) is 58.2 Å². The van der Waals surface area contributed by atoms with Gasteiger partial charge in [-0.3, -0.25) is 0 Å². The van der Waals surface area contributed by atoms with Crippen molar-refractivity contribution in [3.8, 4) is 0 Å². The highest BCUT2D eigenvalue weighted by Gasteiger charge is 2.40. The Morgan fingerprint density at radius 2 is 2.25 bits per heavy atom. The van der Waals surface area contributed by atoms with Gasteiger partial charge in [0.25, 0.3) is 0 Å². The lowest BCUT2D eigenvalue weighted by molar-refractivity contribution is 0.205. The molecular weight excluding hydrogens is 196 g/mol. The fraction of sp³-hybridized carbons (Fsp3) is 1.00. The maximum absolute atomic E-state index is 3.88. The molecule has 0 aromatic rings. The van der Waals surface area contributed by atoms with E-state index in [1.54, 1.807) is 0 Å². The molecule has 3 aliphatic rings. The topological polar surface area (TPSA) is 24.1 Å². The van der Waals surface area contributed by atoms with E-state index in [1.807, 2.05) is 0 Å². The van der Waals surface area contributed by atoms with Crippen LogP contribution in [0, 0.1) is 17.3 Å². The summed E-state index contributed by atoms with van der Waals surface area (Å²) in [5, 5.41) is 7.43. The minimum Gasteiger partial charge on any atom is -0.316 e. The predicted octanol–water partition coefficient (Wildman–Crippen LogP) is 2.15. The van der Waals surface area contributed by atoms with Gasteiger partial charge in [0.1, 0.15) is 0 Å². The van der Waals surface area contributed by atoms with Crippen molar-refractivity contribution in [1.29, 1.82) is 0 Å². The first-order valence-corrected chi connectivity index (χ1v) is 7.19. The molecule has 2 N–H and O–H groups in total. The van der Waals surface area contributed by atoms with Crippen LogP contribution >= 0.6 is 0 Å². The highest BCUT2D eigenvalue weighted by atomic mass is 15.0. The molecule has 1 aliphatic heterocycles. The molecular formula is C14H26N2. The first kappa shape index (κ1) is 11.0. The zero-order valence-corrected chi connectivity index (χ0v) is 10.6. The molecule has 1 saturated heterocycles. The SMILES string of the molecule is CC1(CNC2CC3CCC2C3)CCCNC1. The molecule has 92 valence electrons. The third kappa shape index (κ3) is 2.14. The standard InChI is InChI=1S/C14H26N2/c1-14(5-2-6-15-9-14)10-16-13-8-11-3-4-12(13)7-11/h11-13,15-16H,2-10H2,1H3. The molecule has 4 unspecified atom stereocenters. The molecule has 0 amide bonds. The van der Waals surface area contributed by atoms with Crippen LogP contribution in [0.4, 0.5) is 0 Å². The number of rotatable bonds is 3. The first-order chi connectivity index (χ1) is 7.75. The summed E-state index contributed by atoms with van der Waals surface area (Å²) >= 11 is 0. The van der Waals surface area contributed by atoms with E-state index in [0.29, 0.717) is 5.41 Å². The van der Waals surface area contributed by atoms with E-state index in [-0.39, 0.29) is 0 Å². The van der Waals surface area contributed by atoms with E-state index < -0.39 is 0 Å². The Labute approximate surface area is 99.6 Å². The molecule has 2 aliphatic carbocycles. The van der Waals surface area contributed by atoms with Gasteiger partial charge in [0.2, 0.25) is 0 Å². The third-order valence-corrected chi connectivity index (χ3v) is 5.21. The van der Waals surface area contributed by atoms with E-state index in [9.17, 15) is 0 Å². The Balaban J connectivity index is 1.49. The largest absolute Gasteiger partial charge is 0.316 e. The number of fused-ring (bicyclic) bond motifs is 2. The van der Waals surface area contributed by atoms with Crippen LogP contribution in [0.5, 0.6) is 0 Å². The van der Waals surface area contributed by atoms with E-state index in [2.05, 4.69) is 17.6 Å². The summed E-state index contributed by atoms with van der Waals surface area (Å²) < 4.78 is 0. The van der Waals surface area contributed by atoms with Gasteiger partial charge in [0.15, 0.2) is 0 Å². The molecule has 2 bridgehead atoms. The van der Waals surface area contributed by atoms with Crippen LogP contribution in [-0.4, -0.2) is 25.7 Å². The summed E-state index contributed by atoms with van der Waals surface area (Å²) in [6.07, 6.45) is 8.75. The van der Waals surface area contributed by atoms with Crippen LogP contribution in [0.2, 0.25) is 0 Å². The number of hydrogen-bond donors (Lipinski definition) is 2. The predicted molar refractivity (Wildman–Crippen MR) is 67.4 cm³/mol. The Hall–Kier alpha value is -0.0800. The second kappa shape index (κ2) is 4.30. The zero-order chi connectivity index (χ0) is 11.0. The van der Waals surface area contributed by atoms with Crippen molar-refractivity contribution in [1.82, 2.24) is 10.6 Å². The molecule has 3 rings (SSSR count). The molecule has 1 heterocycles. The van der Waals surface area contributed by atoms with Gasteiger partial charge in [-0.25, -0.2) is 0 Å². The van der Waals surface area contributed by atoms with Gasteiger partial charge in [-0.15, -0.1) is 0 Å². The summed E-state index contributed by atoms with van der Waals surface area (Å²) in [6, 6.07) is 0.859. The summed E-state index contributed by atoms with van der Waals surface area (Å²) in [5.74, 6) is 2.09. The van der Waals surface area contributed by atoms with Crippen LogP contribution in [0.25, 0.3) is 0 Å². The van der Waals surface area contributed by atoms with Crippen LogP contribution in [0.1, 0.15) is 45.4 Å². The molecule has 0 aromatic heterocycles. The fourth-order valence-corrected chi connectivity index (χ4v) is 4.14. The van der Waals surface area contributed by atoms with Gasteiger partial charge in [0.05, 0.1) is 0 Å². The summed E-state index contributed by atoms with van der Waals surface area (Å²) in [5.41, 5.74) is 0.514. The number of piperidine rings is 1. The number of nitrogens with one attached hydrogen (secondary N) is 2. The molecule has 3 fully saturated rings. The van der Waals surface area contributed by atoms with Crippen molar-refractivity contribution in [2.75, 3.05) is 19.6 Å². The van der Waals surface area contributed by atoms with Gasteiger partial charge >= 0.3 is 0 Å². The van der Waals surface area contributed by atoms with Crippen LogP contribution in [0.15, 0.2) is 0 Å². The van der Waals surface area contributed by atoms with Gasteiger partial charge in [0, 0.05) is 19.1 Å². The van der Waals surface area contributed by atoms with E-state index in [0.717, 1.165) is 17.9 Å². The normalized spacial score (nSPS) is 47.4. The molecule has 16 heavy (non-hydrogen) atoms. The molecule has 2 saturated carbocycles. The Morgan fingerprint density at radius 3 is 2.88 bits per heavy atom. The maximum atomic E-state index is 3.88. The van der Waals surface area contributed by atoms with E-state index in [4.69, 9.17) is 0 Å². The summed E-state index contributed by atoms with van der Waals surface area (Å²) in [4.78, 5) is 0. The average molecular weight is 222 g/mol. The molecule has 0 radical (unpaired) electrons. The molecule has 0 aromatic carbocycles. The highest BCUT2D eigenvalue weighted by molar-refractivity contribution is 4.95. The number of hydrogen-bond acceptors (Lipinski definition) is 2. The quantitative estimate of drug-likeness (QED) is 0.764. The summed E-state index contributed by atoms with van der Waals surface area (Å²) in [6.45, 7) is 6.11. The van der Waals surface area contributed by atoms with Crippen molar-refractivity contribution in [3.63, 3.8) is 0 Å². The maximum Gasteiger partial charge on any atom is 0.00983 e. The highest BCUT2D eigenvalue weighted by Crippen LogP contribution is 2.44. The van der Waals surface area contributed by atoms with Crippen LogP contribution in [-0.2, 0) is 0 Å². The second-order valence-electron chi connectivity index (χ2n) is 6.75. The van der Waals surface area contributed by atoms with Crippen molar-refractivity contribution in [2.45, 2.75) is 51.5 Å². The van der Waals surface area contributed by atoms with Gasteiger partial charge in [-0.2, -0.15) is 0 Å². The van der Waals surface area contributed by atoms with Crippen molar-refractivity contribution in [3.05, 3.63) is 0 Å². The Bertz CT molecular complexity index is 245. The lowest BCUT2D eigenvalue weighted by atomic mass is 9.82. The zero-order valence-electron chi connectivity index (χ0n) is 10.6. The minimum absolute atomic E-state index is 0.514. The first-order valence-electron chi connectivity index (χ1n) is 7.19. The smallest absolute Gasteiger partial charge is 0.00983 e. The summed E-state index contributed by atoms with van der Waals surface area (Å²) in [7, 11) is 0. The third-order valence-electron chi connectivity index (χ3n) is 5.21. The molecule has 2 heteroatoms. The molecule has 0 spiro atoms. The lowest BCUT2D eigenvalue weighted by Crippen LogP contribution is -2.47. The van der Waals surface area contributed by atoms with Crippen molar-refractivity contribution >= 4 is 0 Å².